The molecule has 2 heterocycles. The van der Waals surface area contributed by atoms with Gasteiger partial charge in [-0.1, -0.05) is 57.1 Å². The van der Waals surface area contributed by atoms with Crippen molar-refractivity contribution in [1.29, 1.82) is 0 Å². The number of hydrogen-bond acceptors (Lipinski definition) is 9. The quantitative estimate of drug-likeness (QED) is 0.198. The Hall–Kier alpha value is -4.05. The van der Waals surface area contributed by atoms with E-state index in [1.165, 1.54) is 11.3 Å². The predicted molar refractivity (Wildman–Crippen MR) is 167 cm³/mol. The van der Waals surface area contributed by atoms with Crippen LogP contribution in [0, 0.1) is 5.92 Å². The van der Waals surface area contributed by atoms with E-state index in [-0.39, 0.29) is 18.1 Å². The minimum Gasteiger partial charge on any atom is -0.493 e. The normalized spacial score (nSPS) is 14.8. The highest BCUT2D eigenvalue weighted by Crippen LogP contribution is 2.36. The maximum atomic E-state index is 14.0. The number of unbranched alkanes of at least 4 members (excludes halogenated alkanes) is 2. The molecule has 1 unspecified atom stereocenters. The first-order valence-electron chi connectivity index (χ1n) is 14.4. The molecule has 0 spiro atoms. The summed E-state index contributed by atoms with van der Waals surface area (Å²) in [5, 5.41) is 0. The highest BCUT2D eigenvalue weighted by Gasteiger charge is 2.34. The monoisotopic (exact) mass is 608 g/mol. The highest BCUT2D eigenvalue weighted by atomic mass is 32.1. The summed E-state index contributed by atoms with van der Waals surface area (Å²) in [6.45, 7) is 8.68. The fourth-order valence-corrected chi connectivity index (χ4v) is 5.87. The number of aromatic nitrogens is 1. The van der Waals surface area contributed by atoms with Crippen molar-refractivity contribution in [2.75, 3.05) is 34.5 Å². The molecule has 4 rings (SSSR count). The smallest absolute Gasteiger partial charge is 0.338 e. The molecule has 10 heteroatoms. The van der Waals surface area contributed by atoms with Crippen LogP contribution in [0.25, 0.3) is 6.08 Å². The van der Waals surface area contributed by atoms with Crippen molar-refractivity contribution in [2.45, 2.75) is 53.0 Å². The summed E-state index contributed by atoms with van der Waals surface area (Å²) in [5.74, 6) is 1.91. The lowest BCUT2D eigenvalue weighted by Crippen LogP contribution is -2.40. The number of ether oxygens (including phenoxy) is 5. The van der Waals surface area contributed by atoms with E-state index >= 15 is 0 Å². The molecule has 2 aromatic carbocycles. The summed E-state index contributed by atoms with van der Waals surface area (Å²) in [6.07, 6.45) is 4.89. The molecule has 3 aromatic rings. The molecule has 0 amide bonds. The highest BCUT2D eigenvalue weighted by molar-refractivity contribution is 7.07. The Kier molecular flexibility index (Phi) is 10.7. The van der Waals surface area contributed by atoms with E-state index in [1.54, 1.807) is 51.0 Å². The van der Waals surface area contributed by atoms with Crippen LogP contribution in [0.1, 0.15) is 64.1 Å². The molecule has 0 aliphatic carbocycles. The van der Waals surface area contributed by atoms with Crippen LogP contribution >= 0.6 is 11.3 Å². The van der Waals surface area contributed by atoms with E-state index in [2.05, 4.69) is 6.92 Å². The zero-order chi connectivity index (χ0) is 31.1. The number of esters is 1. The van der Waals surface area contributed by atoms with Crippen molar-refractivity contribution in [3.05, 3.63) is 78.5 Å². The largest absolute Gasteiger partial charge is 0.493 e. The van der Waals surface area contributed by atoms with Gasteiger partial charge in [0, 0.05) is 0 Å². The maximum absolute atomic E-state index is 14.0. The molecule has 0 bridgehead atoms. The number of rotatable bonds is 13. The number of benzene rings is 2. The van der Waals surface area contributed by atoms with E-state index in [4.69, 9.17) is 28.7 Å². The summed E-state index contributed by atoms with van der Waals surface area (Å²) in [7, 11) is 4.71. The summed E-state index contributed by atoms with van der Waals surface area (Å²) in [5.41, 5.74) is 1.98. The van der Waals surface area contributed by atoms with Gasteiger partial charge in [0.2, 0.25) is 0 Å². The number of methoxy groups -OCH3 is 3. The predicted octanol–water partition coefficient (Wildman–Crippen LogP) is 5.03. The zero-order valence-electron chi connectivity index (χ0n) is 25.9. The number of fused-ring (bicyclic) bond motifs is 1. The topological polar surface area (TPSA) is 97.6 Å². The Morgan fingerprint density at radius 2 is 1.70 bits per heavy atom. The molecule has 1 aromatic heterocycles. The van der Waals surface area contributed by atoms with E-state index in [9.17, 15) is 9.59 Å². The van der Waals surface area contributed by atoms with Gasteiger partial charge >= 0.3 is 5.97 Å². The van der Waals surface area contributed by atoms with Gasteiger partial charge in [0.25, 0.3) is 5.56 Å². The Bertz CT molecular complexity index is 1670. The average molecular weight is 609 g/mol. The molecular weight excluding hydrogens is 568 g/mol. The van der Waals surface area contributed by atoms with Crippen LogP contribution in [0.3, 0.4) is 0 Å². The molecule has 230 valence electrons. The molecule has 1 aliphatic rings. The van der Waals surface area contributed by atoms with Crippen molar-refractivity contribution in [3.8, 4) is 23.0 Å². The molecule has 0 saturated heterocycles. The number of allylic oxidation sites excluding steroid dienone is 1. The summed E-state index contributed by atoms with van der Waals surface area (Å²) >= 11 is 1.26. The summed E-state index contributed by atoms with van der Waals surface area (Å²) < 4.78 is 30.2. The zero-order valence-corrected chi connectivity index (χ0v) is 26.7. The summed E-state index contributed by atoms with van der Waals surface area (Å²) in [4.78, 5) is 32.7. The lowest BCUT2D eigenvalue weighted by atomic mass is 9.95. The van der Waals surface area contributed by atoms with Crippen molar-refractivity contribution < 1.29 is 28.5 Å². The number of hydrogen-bond donors (Lipinski definition) is 0. The Morgan fingerprint density at radius 3 is 2.37 bits per heavy atom. The molecule has 43 heavy (non-hydrogen) atoms. The van der Waals surface area contributed by atoms with Crippen LogP contribution in [0.2, 0.25) is 0 Å². The Labute approximate surface area is 256 Å². The van der Waals surface area contributed by atoms with Crippen LogP contribution in [0.5, 0.6) is 23.0 Å². The maximum Gasteiger partial charge on any atom is 0.338 e. The van der Waals surface area contributed by atoms with Crippen LogP contribution in [-0.4, -0.2) is 45.1 Å². The SMILES string of the molecule is CCCCCOc1ccc(C2C(C(=O)OCC(C)C)=C(C)N=c3sc(=Cc4ccc(OC)c(OC)c4)c(=O)n32)cc1OC. The van der Waals surface area contributed by atoms with Gasteiger partial charge in [-0.25, -0.2) is 9.79 Å². The molecule has 0 radical (unpaired) electrons. The van der Waals surface area contributed by atoms with E-state index < -0.39 is 12.0 Å². The Morgan fingerprint density at radius 1 is 1.00 bits per heavy atom. The summed E-state index contributed by atoms with van der Waals surface area (Å²) in [6, 6.07) is 10.2. The van der Waals surface area contributed by atoms with Crippen LogP contribution in [-0.2, 0) is 9.53 Å². The lowest BCUT2D eigenvalue weighted by molar-refractivity contribution is -0.140. The molecule has 0 fully saturated rings. The minimum atomic E-state index is -0.772. The van der Waals surface area contributed by atoms with Crippen molar-refractivity contribution in [2.24, 2.45) is 10.9 Å². The first-order valence-corrected chi connectivity index (χ1v) is 15.3. The van der Waals surface area contributed by atoms with Crippen molar-refractivity contribution in [3.63, 3.8) is 0 Å². The third-order valence-electron chi connectivity index (χ3n) is 7.00. The van der Waals surface area contributed by atoms with Gasteiger partial charge in [-0.3, -0.25) is 9.36 Å². The van der Waals surface area contributed by atoms with Gasteiger partial charge in [0.1, 0.15) is 0 Å². The van der Waals surface area contributed by atoms with E-state index in [0.717, 1.165) is 24.8 Å². The standard InChI is InChI=1S/C33H40N2O7S/c1-8-9-10-15-41-25-14-12-23(18-27(25)40-7)30-29(32(37)42-19-20(2)3)21(4)34-33-35(30)31(36)28(43-33)17-22-11-13-24(38-5)26(16-22)39-6/h11-14,16-18,20,30H,8-10,15,19H2,1-7H3. The molecule has 0 N–H and O–H groups in total. The number of thiazole rings is 1. The van der Waals surface area contributed by atoms with Gasteiger partial charge in [-0.15, -0.1) is 0 Å². The fourth-order valence-electron chi connectivity index (χ4n) is 4.82. The van der Waals surface area contributed by atoms with Gasteiger partial charge in [0.05, 0.1) is 56.4 Å². The molecule has 0 saturated carbocycles. The van der Waals surface area contributed by atoms with Gasteiger partial charge < -0.3 is 23.7 Å². The van der Waals surface area contributed by atoms with Crippen molar-refractivity contribution in [1.82, 2.24) is 4.57 Å². The number of nitrogens with zero attached hydrogens (tertiary/aromatic N) is 2. The van der Waals surface area contributed by atoms with Crippen LogP contribution in [0.4, 0.5) is 0 Å². The molecule has 9 nitrogen and oxygen atoms in total. The molecule has 1 aliphatic heterocycles. The van der Waals surface area contributed by atoms with Gasteiger partial charge in [-0.2, -0.15) is 0 Å². The third kappa shape index (κ3) is 7.13. The second-order valence-corrected chi connectivity index (χ2v) is 11.7. The van der Waals surface area contributed by atoms with E-state index in [0.29, 0.717) is 55.8 Å². The second kappa shape index (κ2) is 14.4. The van der Waals surface area contributed by atoms with Crippen molar-refractivity contribution >= 4 is 23.4 Å². The lowest BCUT2D eigenvalue weighted by Gasteiger charge is -2.25. The first-order chi connectivity index (χ1) is 20.7. The third-order valence-corrected chi connectivity index (χ3v) is 7.99. The fraction of sp³-hybridized carbons (Fsp3) is 0.424. The van der Waals surface area contributed by atoms with Crippen LogP contribution in [0.15, 0.2) is 57.5 Å². The van der Waals surface area contributed by atoms with Crippen LogP contribution < -0.4 is 33.8 Å². The number of carbonyl (C=O) groups is 1. The minimum absolute atomic E-state index is 0.148. The number of carbonyl (C=O) groups excluding carboxylic acids is 1. The van der Waals surface area contributed by atoms with E-state index in [1.807, 2.05) is 38.1 Å². The molecular formula is C33H40N2O7S. The second-order valence-electron chi connectivity index (χ2n) is 10.7. The molecule has 1 atom stereocenters. The average Bonchev–Trinajstić information content (AvgIpc) is 3.30. The first kappa shape index (κ1) is 31.9. The van der Waals surface area contributed by atoms with Gasteiger partial charge in [0.15, 0.2) is 27.8 Å². The Balaban J connectivity index is 1.85. The van der Waals surface area contributed by atoms with Gasteiger partial charge in [-0.05, 0) is 60.7 Å².